The molecular weight excluding hydrogens is 793 g/mol. The van der Waals surface area contributed by atoms with Gasteiger partial charge in [0.05, 0.1) is 65.4 Å². The number of carbonyl (C=O) groups is 4. The Morgan fingerprint density at radius 3 is 1.75 bits per heavy atom. The average Bonchev–Trinajstić information content (AvgIpc) is 4.01. The van der Waals surface area contributed by atoms with Crippen LogP contribution < -0.4 is 10.6 Å². The Balaban J connectivity index is 1.11. The topological polar surface area (TPSA) is 175 Å². The third-order valence-corrected chi connectivity index (χ3v) is 17.4. The Morgan fingerprint density at radius 1 is 0.700 bits per heavy atom. The Labute approximate surface area is 353 Å². The number of aromatic amines is 2. The predicted octanol–water partition coefficient (Wildman–Crippen LogP) is 7.80. The van der Waals surface area contributed by atoms with E-state index in [0.29, 0.717) is 12.3 Å². The quantitative estimate of drug-likeness (QED) is 0.103. The van der Waals surface area contributed by atoms with E-state index in [9.17, 15) is 19.2 Å². The first-order chi connectivity index (χ1) is 28.4. The van der Waals surface area contributed by atoms with Crippen LogP contribution in [0.2, 0.25) is 38.3 Å². The van der Waals surface area contributed by atoms with Gasteiger partial charge in [0.2, 0.25) is 11.8 Å². The standard InChI is InChI=1S/C44H58N8O6Si2/c1-25(2)36(49-43(55)57-5)41(53)51-23-59(7,8)21-34(51)39-45-20-33(47-39)28-13-11-27(12-14-28)29-15-17-31-30(19-29)16-18-32-38(31)48-40(46-32)35-22-60(9,10)24-52(35)42(54)37(26(3)4)50-44(56)58-6/h11-20,25-26,34-37H,21-24H2,1-10H3,(H,45,47)(H,46,48)(H,49,55)(H,50,56)/t34-,35?,36?,37?/m0/s1. The van der Waals surface area contributed by atoms with Crippen molar-refractivity contribution < 1.29 is 28.7 Å². The SMILES string of the molecule is COC(=O)NC(C(=O)N1C[Si](C)(C)CC1c1nc2c(ccc3cc(-c4ccc(-c5cnc([C@@H]6C[Si](C)(C)CN6C(=O)C(NC(=O)OC)C(C)C)[nH]5)cc4)ccc32)[nH]1)C(C)C. The summed E-state index contributed by atoms with van der Waals surface area (Å²) in [4.78, 5) is 73.0. The van der Waals surface area contributed by atoms with Crippen LogP contribution in [0.15, 0.2) is 60.8 Å². The highest BCUT2D eigenvalue weighted by Gasteiger charge is 2.47. The summed E-state index contributed by atoms with van der Waals surface area (Å²) in [5.74, 6) is 1.05. The molecule has 2 aromatic heterocycles. The van der Waals surface area contributed by atoms with Crippen LogP contribution in [0.1, 0.15) is 51.4 Å². The molecule has 2 fully saturated rings. The van der Waals surface area contributed by atoms with E-state index in [-0.39, 0.29) is 35.7 Å². The molecule has 0 aliphatic carbocycles. The Hall–Kier alpha value is -5.49. The molecule has 4 atom stereocenters. The molecule has 0 spiro atoms. The zero-order valence-corrected chi connectivity index (χ0v) is 38.3. The van der Waals surface area contributed by atoms with E-state index in [1.807, 2.05) is 43.7 Å². The summed E-state index contributed by atoms with van der Waals surface area (Å²) >= 11 is 0. The second-order valence-corrected chi connectivity index (χ2v) is 28.8. The lowest BCUT2D eigenvalue weighted by Gasteiger charge is -2.30. The summed E-state index contributed by atoms with van der Waals surface area (Å²) in [5.41, 5.74) is 5.75. The van der Waals surface area contributed by atoms with Crippen LogP contribution in [0, 0.1) is 11.8 Å². The Kier molecular flexibility index (Phi) is 11.7. The van der Waals surface area contributed by atoms with E-state index in [1.54, 1.807) is 0 Å². The van der Waals surface area contributed by atoms with Crippen molar-refractivity contribution >= 4 is 62.0 Å². The van der Waals surface area contributed by atoms with Gasteiger partial charge in [-0.3, -0.25) is 9.59 Å². The zero-order valence-electron chi connectivity index (χ0n) is 36.3. The van der Waals surface area contributed by atoms with Crippen molar-refractivity contribution in [1.82, 2.24) is 40.4 Å². The number of amides is 4. The van der Waals surface area contributed by atoms with Crippen molar-refractivity contribution in [2.75, 3.05) is 26.6 Å². The van der Waals surface area contributed by atoms with Crippen LogP contribution in [-0.2, 0) is 19.1 Å². The van der Waals surface area contributed by atoms with Gasteiger partial charge in [0.1, 0.15) is 23.7 Å². The largest absolute Gasteiger partial charge is 0.453 e. The van der Waals surface area contributed by atoms with Gasteiger partial charge < -0.3 is 39.9 Å². The number of ether oxygens (including phenoxy) is 2. The second kappa shape index (κ2) is 16.5. The maximum absolute atomic E-state index is 14.0. The zero-order chi connectivity index (χ0) is 43.3. The van der Waals surface area contributed by atoms with Gasteiger partial charge in [-0.05, 0) is 58.1 Å². The first-order valence-electron chi connectivity index (χ1n) is 20.8. The first kappa shape index (κ1) is 42.6. The number of H-pyrrole nitrogens is 2. The summed E-state index contributed by atoms with van der Waals surface area (Å²) in [5, 5.41) is 7.58. The molecule has 318 valence electrons. The van der Waals surface area contributed by atoms with Crippen molar-refractivity contribution in [2.24, 2.45) is 11.8 Å². The Bertz CT molecular complexity index is 2430. The van der Waals surface area contributed by atoms with Gasteiger partial charge in [0, 0.05) is 17.7 Å². The van der Waals surface area contributed by atoms with E-state index in [1.165, 1.54) is 14.2 Å². The Morgan fingerprint density at radius 2 is 1.22 bits per heavy atom. The molecule has 0 radical (unpaired) electrons. The van der Waals surface area contributed by atoms with Gasteiger partial charge in [-0.1, -0.05) is 96.3 Å². The number of alkyl carbamates (subject to hydrolysis) is 2. The highest BCUT2D eigenvalue weighted by molar-refractivity contribution is 6.79. The normalized spacial score (nSPS) is 19.5. The molecule has 60 heavy (non-hydrogen) atoms. The summed E-state index contributed by atoms with van der Waals surface area (Å²) in [7, 11) is -0.925. The molecular formula is C44H58N8O6Si2. The minimum Gasteiger partial charge on any atom is -0.453 e. The smallest absolute Gasteiger partial charge is 0.407 e. The van der Waals surface area contributed by atoms with Crippen molar-refractivity contribution in [3.8, 4) is 22.4 Å². The molecule has 16 heteroatoms. The summed E-state index contributed by atoms with van der Waals surface area (Å²) in [6.45, 7) is 16.8. The van der Waals surface area contributed by atoms with Crippen molar-refractivity contribution in [2.45, 2.75) is 90.1 Å². The third kappa shape index (κ3) is 8.57. The summed E-state index contributed by atoms with van der Waals surface area (Å²) < 4.78 is 9.65. The second-order valence-electron chi connectivity index (χ2n) is 18.7. The predicted molar refractivity (Wildman–Crippen MR) is 238 cm³/mol. The van der Waals surface area contributed by atoms with Crippen LogP contribution in [0.4, 0.5) is 9.59 Å². The van der Waals surface area contributed by atoms with Gasteiger partial charge in [-0.15, -0.1) is 0 Å². The number of hydrogen-bond donors (Lipinski definition) is 4. The minimum absolute atomic E-state index is 0.112. The number of rotatable bonds is 10. The molecule has 4 amide bonds. The fourth-order valence-electron chi connectivity index (χ4n) is 8.90. The number of carbonyl (C=O) groups excluding carboxylic acids is 4. The van der Waals surface area contributed by atoms with Crippen LogP contribution in [0.3, 0.4) is 0 Å². The van der Waals surface area contributed by atoms with Crippen molar-refractivity contribution in [3.05, 3.63) is 72.4 Å². The van der Waals surface area contributed by atoms with Gasteiger partial charge in [-0.25, -0.2) is 19.6 Å². The molecule has 3 aromatic carbocycles. The van der Waals surface area contributed by atoms with Gasteiger partial charge in [0.15, 0.2) is 0 Å². The van der Waals surface area contributed by atoms with Crippen molar-refractivity contribution in [3.63, 3.8) is 0 Å². The van der Waals surface area contributed by atoms with Gasteiger partial charge >= 0.3 is 12.2 Å². The highest BCUT2D eigenvalue weighted by atomic mass is 28.3. The molecule has 0 bridgehead atoms. The molecule has 14 nitrogen and oxygen atoms in total. The van der Waals surface area contributed by atoms with Crippen LogP contribution in [0.5, 0.6) is 0 Å². The van der Waals surface area contributed by atoms with E-state index in [4.69, 9.17) is 19.4 Å². The molecule has 5 aromatic rings. The highest BCUT2D eigenvalue weighted by Crippen LogP contribution is 2.40. The average molecular weight is 851 g/mol. The number of methoxy groups -OCH3 is 2. The maximum atomic E-state index is 14.0. The number of fused-ring (bicyclic) bond motifs is 3. The molecule has 3 unspecified atom stereocenters. The third-order valence-electron chi connectivity index (χ3n) is 12.0. The number of nitrogens with zero attached hydrogens (tertiary/aromatic N) is 4. The van der Waals surface area contributed by atoms with E-state index in [0.717, 1.165) is 67.9 Å². The molecule has 7 rings (SSSR count). The molecule has 0 saturated carbocycles. The number of hydrogen-bond acceptors (Lipinski definition) is 8. The molecule has 2 saturated heterocycles. The van der Waals surface area contributed by atoms with Crippen molar-refractivity contribution in [1.29, 1.82) is 0 Å². The molecule has 4 N–H and O–H groups in total. The molecule has 2 aliphatic rings. The van der Waals surface area contributed by atoms with E-state index < -0.39 is 40.4 Å². The van der Waals surface area contributed by atoms with E-state index in [2.05, 4.69) is 101 Å². The number of benzene rings is 3. The summed E-state index contributed by atoms with van der Waals surface area (Å²) in [6, 6.07) is 18.8. The number of aromatic nitrogens is 4. The van der Waals surface area contributed by atoms with Crippen LogP contribution in [0.25, 0.3) is 44.2 Å². The fourth-order valence-corrected chi connectivity index (χ4v) is 14.7. The van der Waals surface area contributed by atoms with Crippen LogP contribution >= 0.6 is 0 Å². The lowest BCUT2D eigenvalue weighted by molar-refractivity contribution is -0.135. The lowest BCUT2D eigenvalue weighted by atomic mass is 9.99. The fraction of sp³-hybridized carbons (Fsp3) is 0.455. The van der Waals surface area contributed by atoms with E-state index >= 15 is 0 Å². The van der Waals surface area contributed by atoms with Gasteiger partial charge in [0.25, 0.3) is 0 Å². The number of nitrogens with one attached hydrogen (secondary N) is 4. The van der Waals surface area contributed by atoms with Crippen LogP contribution in [-0.4, -0.2) is 109 Å². The molecule has 4 heterocycles. The molecule has 2 aliphatic heterocycles. The lowest BCUT2D eigenvalue weighted by Crippen LogP contribution is -2.52. The monoisotopic (exact) mass is 850 g/mol. The van der Waals surface area contributed by atoms with Gasteiger partial charge in [-0.2, -0.15) is 0 Å². The number of imidazole rings is 2. The summed E-state index contributed by atoms with van der Waals surface area (Å²) in [6.07, 6.45) is 1.96. The minimum atomic E-state index is -1.78. The maximum Gasteiger partial charge on any atom is 0.407 e. The first-order valence-corrected chi connectivity index (χ1v) is 27.6.